The maximum atomic E-state index is 15.2. The van der Waals surface area contributed by atoms with Crippen molar-refractivity contribution in [3.63, 3.8) is 0 Å². The summed E-state index contributed by atoms with van der Waals surface area (Å²) in [6.45, 7) is 9.64. The molecule has 2 bridgehead atoms. The fourth-order valence-corrected chi connectivity index (χ4v) is 10.0. The van der Waals surface area contributed by atoms with Crippen LogP contribution in [0.2, 0.25) is 0 Å². The lowest BCUT2D eigenvalue weighted by atomic mass is 9.82. The molecule has 4 fully saturated rings. The molecule has 2 N–H and O–H groups in total. The van der Waals surface area contributed by atoms with Crippen LogP contribution in [0.25, 0.3) is 10.8 Å². The van der Waals surface area contributed by atoms with Crippen molar-refractivity contribution in [2.75, 3.05) is 42.6 Å². The number of carbonyl (C=O) groups is 1. The summed E-state index contributed by atoms with van der Waals surface area (Å²) in [5, 5.41) is 32.5. The minimum absolute atomic E-state index is 0.0202. The number of phenols is 1. The molecular formula is C42H47F2N7O4. The Kier molecular flexibility index (Phi) is 9.38. The quantitative estimate of drug-likeness (QED) is 0.251. The van der Waals surface area contributed by atoms with Crippen molar-refractivity contribution in [3.05, 3.63) is 59.6 Å². The molecule has 0 radical (unpaired) electrons. The van der Waals surface area contributed by atoms with Gasteiger partial charge >= 0.3 is 6.01 Å². The summed E-state index contributed by atoms with van der Waals surface area (Å²) < 4.78 is 36.7. The molecule has 55 heavy (non-hydrogen) atoms. The monoisotopic (exact) mass is 751 g/mol. The van der Waals surface area contributed by atoms with Crippen molar-refractivity contribution in [2.45, 2.75) is 101 Å². The number of aromatic nitrogens is 2. The van der Waals surface area contributed by atoms with Crippen molar-refractivity contribution in [1.82, 2.24) is 19.8 Å². The number of hydrogen-bond acceptors (Lipinski definition) is 10. The molecule has 1 aliphatic carbocycles. The summed E-state index contributed by atoms with van der Waals surface area (Å²) in [5.41, 5.74) is 0.933. The van der Waals surface area contributed by atoms with E-state index in [2.05, 4.69) is 28.4 Å². The highest BCUT2D eigenvalue weighted by Gasteiger charge is 2.50. The Morgan fingerprint density at radius 2 is 1.95 bits per heavy atom. The number of likely N-dealkylation sites (tertiary alicyclic amines) is 1. The maximum Gasteiger partial charge on any atom is 0.318 e. The average Bonchev–Trinajstić information content (AvgIpc) is 3.59. The summed E-state index contributed by atoms with van der Waals surface area (Å²) in [4.78, 5) is 31.1. The first-order valence-electron chi connectivity index (χ1n) is 19.2. The number of nitrogens with zero attached hydrogens (tertiary/aromatic N) is 7. The fraction of sp³-hybridized carbons (Fsp3) is 0.524. The lowest BCUT2D eigenvalue weighted by molar-refractivity contribution is -0.129. The Hall–Kier alpha value is -4.98. The Balaban J connectivity index is 1.15. The molecule has 13 heteroatoms. The van der Waals surface area contributed by atoms with Gasteiger partial charge in [-0.1, -0.05) is 18.6 Å². The molecule has 1 amide bonds. The molecule has 0 spiro atoms. The molecule has 1 saturated carbocycles. The van der Waals surface area contributed by atoms with E-state index < -0.39 is 23.1 Å². The summed E-state index contributed by atoms with van der Waals surface area (Å²) in [6, 6.07) is 8.18. The van der Waals surface area contributed by atoms with Gasteiger partial charge in [-0.3, -0.25) is 9.69 Å². The van der Waals surface area contributed by atoms with Gasteiger partial charge in [0.05, 0.1) is 53.0 Å². The van der Waals surface area contributed by atoms with E-state index in [0.717, 1.165) is 18.4 Å². The predicted molar refractivity (Wildman–Crippen MR) is 204 cm³/mol. The molecule has 2 aromatic carbocycles. The SMILES string of the molecule is C#Cc1c(F)ccc2cc(O)cc(N3CCc4c(nc(OC[C@]5(C)C[C@@H](F)CN5C5CCC(C)(O)CC5)nc4N4C[C@H]5CC(C#N)[C@@H](C4)N5C(=O)C=C)C3)c12. The van der Waals surface area contributed by atoms with Gasteiger partial charge in [0.2, 0.25) is 5.91 Å². The van der Waals surface area contributed by atoms with Gasteiger partial charge in [0.25, 0.3) is 0 Å². The number of terminal acetylenes is 1. The normalized spacial score (nSPS) is 30.5. The summed E-state index contributed by atoms with van der Waals surface area (Å²) >= 11 is 0. The average molecular weight is 752 g/mol. The number of anilines is 2. The summed E-state index contributed by atoms with van der Waals surface area (Å²) in [5.74, 6) is 2.13. The number of rotatable bonds is 7. The maximum absolute atomic E-state index is 15.2. The minimum atomic E-state index is -1.02. The second-order valence-corrected chi connectivity index (χ2v) is 16.6. The van der Waals surface area contributed by atoms with Crippen LogP contribution in [-0.4, -0.2) is 104 Å². The van der Waals surface area contributed by atoms with Crippen LogP contribution in [0, 0.1) is 35.4 Å². The zero-order chi connectivity index (χ0) is 38.8. The molecule has 1 unspecified atom stereocenters. The highest BCUT2D eigenvalue weighted by atomic mass is 19.1. The molecule has 3 saturated heterocycles. The van der Waals surface area contributed by atoms with Gasteiger partial charge in [-0.2, -0.15) is 15.2 Å². The van der Waals surface area contributed by atoms with Crippen molar-refractivity contribution >= 4 is 28.2 Å². The van der Waals surface area contributed by atoms with Crippen LogP contribution in [-0.2, 0) is 17.8 Å². The lowest BCUT2D eigenvalue weighted by Gasteiger charge is -2.44. The number of aliphatic hydroxyl groups is 1. The Morgan fingerprint density at radius 1 is 1.16 bits per heavy atom. The third-order valence-corrected chi connectivity index (χ3v) is 12.7. The molecule has 288 valence electrons. The number of ether oxygens (including phenoxy) is 1. The second-order valence-electron chi connectivity index (χ2n) is 16.6. The lowest BCUT2D eigenvalue weighted by Crippen LogP contribution is -2.57. The number of nitriles is 1. The van der Waals surface area contributed by atoms with Gasteiger partial charge in [-0.15, -0.1) is 6.42 Å². The Bertz CT molecular complexity index is 2120. The Labute approximate surface area is 320 Å². The number of piperazine rings is 1. The van der Waals surface area contributed by atoms with E-state index in [0.29, 0.717) is 86.3 Å². The van der Waals surface area contributed by atoms with Crippen LogP contribution >= 0.6 is 0 Å². The third-order valence-electron chi connectivity index (χ3n) is 12.7. The van der Waals surface area contributed by atoms with E-state index in [1.807, 2.05) is 18.7 Å². The van der Waals surface area contributed by atoms with Crippen molar-refractivity contribution in [3.8, 4) is 30.2 Å². The van der Waals surface area contributed by atoms with E-state index in [1.165, 1.54) is 12.1 Å². The van der Waals surface area contributed by atoms with Crippen LogP contribution in [0.4, 0.5) is 20.3 Å². The number of phenolic OH excluding ortho intramolecular Hbond substituents is 1. The van der Waals surface area contributed by atoms with Gasteiger partial charge in [0.1, 0.15) is 30.2 Å². The highest BCUT2D eigenvalue weighted by Crippen LogP contribution is 2.43. The van der Waals surface area contributed by atoms with Crippen LogP contribution in [0.1, 0.15) is 69.2 Å². The van der Waals surface area contributed by atoms with Crippen molar-refractivity contribution in [1.29, 1.82) is 5.26 Å². The van der Waals surface area contributed by atoms with Crippen molar-refractivity contribution < 1.29 is 28.5 Å². The number of fused-ring (bicyclic) bond motifs is 4. The number of carbonyl (C=O) groups excluding carboxylic acids is 1. The second kappa shape index (κ2) is 13.9. The molecule has 5 heterocycles. The van der Waals surface area contributed by atoms with E-state index in [9.17, 15) is 20.3 Å². The molecular weight excluding hydrogens is 705 g/mol. The topological polar surface area (TPSA) is 129 Å². The van der Waals surface area contributed by atoms with E-state index in [4.69, 9.17) is 21.1 Å². The summed E-state index contributed by atoms with van der Waals surface area (Å²) in [7, 11) is 0. The third kappa shape index (κ3) is 6.61. The number of aromatic hydroxyl groups is 1. The molecule has 1 aromatic heterocycles. The number of halogens is 2. The van der Waals surface area contributed by atoms with Gasteiger partial charge in [0.15, 0.2) is 0 Å². The van der Waals surface area contributed by atoms with Gasteiger partial charge in [0, 0.05) is 61.3 Å². The molecule has 8 rings (SSSR count). The zero-order valence-electron chi connectivity index (χ0n) is 31.3. The molecule has 3 aromatic rings. The smallest absolute Gasteiger partial charge is 0.318 e. The molecule has 4 aliphatic heterocycles. The minimum Gasteiger partial charge on any atom is -0.508 e. The van der Waals surface area contributed by atoms with Gasteiger partial charge in [-0.05, 0) is 76.0 Å². The van der Waals surface area contributed by atoms with Crippen molar-refractivity contribution in [2.24, 2.45) is 5.92 Å². The zero-order valence-corrected chi connectivity index (χ0v) is 31.3. The first-order valence-corrected chi connectivity index (χ1v) is 19.2. The molecule has 5 atom stereocenters. The standard InChI is InChI=1S/C42H47F2N7O4/c1-5-31-33(44)8-7-25-16-30(52)17-35(38(25)31)48-14-11-32-34(22-48)46-40(47-39(32)49-21-29-15-26(19-45)36(23-49)51(29)37(53)6-2)55-24-41(3)18-27(43)20-50(41)28-9-12-42(4,54)13-10-28/h1,6-8,16-17,26-29,36,52,54H,2,9-15,18,20-24H2,3-4H3/t26?,27-,28?,29-,36-,41+,42?/m1/s1. The number of hydrogen-bond donors (Lipinski definition) is 2. The first kappa shape index (κ1) is 37.0. The molecule has 11 nitrogen and oxygen atoms in total. The van der Waals surface area contributed by atoms with Crippen LogP contribution in [0.15, 0.2) is 36.9 Å². The predicted octanol–water partition coefficient (Wildman–Crippen LogP) is 5.01. The fourth-order valence-electron chi connectivity index (χ4n) is 10.0. The van der Waals surface area contributed by atoms with Crippen LogP contribution < -0.4 is 14.5 Å². The highest BCUT2D eigenvalue weighted by molar-refractivity contribution is 6.00. The number of amides is 1. The van der Waals surface area contributed by atoms with E-state index in [1.54, 1.807) is 23.1 Å². The van der Waals surface area contributed by atoms with E-state index >= 15 is 8.78 Å². The number of alkyl halides is 1. The van der Waals surface area contributed by atoms with Gasteiger partial charge < -0.3 is 29.6 Å². The largest absolute Gasteiger partial charge is 0.508 e. The number of benzene rings is 2. The van der Waals surface area contributed by atoms with Crippen LogP contribution in [0.5, 0.6) is 11.8 Å². The molecule has 5 aliphatic rings. The van der Waals surface area contributed by atoms with E-state index in [-0.39, 0.29) is 60.4 Å². The Morgan fingerprint density at radius 3 is 2.67 bits per heavy atom. The van der Waals surface area contributed by atoms with Crippen LogP contribution in [0.3, 0.4) is 0 Å². The first-order chi connectivity index (χ1) is 26.3. The summed E-state index contributed by atoms with van der Waals surface area (Å²) in [6.07, 6.45) is 10.3. The van der Waals surface area contributed by atoms with Gasteiger partial charge in [-0.25, -0.2) is 8.78 Å².